The Morgan fingerprint density at radius 2 is 1.79 bits per heavy atom. The molecule has 0 aliphatic heterocycles. The second-order valence-corrected chi connectivity index (χ2v) is 7.17. The van der Waals surface area contributed by atoms with E-state index in [0.29, 0.717) is 4.75 Å². The molecular weight excluding hydrogens is 190 g/mol. The Kier molecular flexibility index (Phi) is 5.32. The lowest BCUT2D eigenvalue weighted by Crippen LogP contribution is -2.33. The van der Waals surface area contributed by atoms with E-state index in [2.05, 4.69) is 37.8 Å². The molecule has 1 rings (SSSR count). The molecule has 2 heteroatoms. The first-order valence-electron chi connectivity index (χ1n) is 5.95. The fourth-order valence-corrected chi connectivity index (χ4v) is 2.76. The zero-order chi connectivity index (χ0) is 10.4. The van der Waals surface area contributed by atoms with Crippen LogP contribution in [0.1, 0.15) is 52.9 Å². The van der Waals surface area contributed by atoms with Crippen LogP contribution in [0.25, 0.3) is 0 Å². The molecule has 0 aromatic heterocycles. The third-order valence-corrected chi connectivity index (χ3v) is 3.95. The predicted octanol–water partition coefficient (Wildman–Crippen LogP) is 3.44. The van der Waals surface area contributed by atoms with E-state index < -0.39 is 0 Å². The van der Waals surface area contributed by atoms with E-state index >= 15 is 0 Å². The smallest absolute Gasteiger partial charge is 0.00755 e. The maximum atomic E-state index is 3.67. The third kappa shape index (κ3) is 5.92. The van der Waals surface area contributed by atoms with Crippen molar-refractivity contribution < 1.29 is 0 Å². The normalized spacial score (nSPS) is 19.9. The zero-order valence-corrected chi connectivity index (χ0v) is 10.8. The first kappa shape index (κ1) is 12.4. The summed E-state index contributed by atoms with van der Waals surface area (Å²) in [6.07, 6.45) is 7.13. The summed E-state index contributed by atoms with van der Waals surface area (Å²) in [5.74, 6) is 1.25. The van der Waals surface area contributed by atoms with Crippen LogP contribution in [0.5, 0.6) is 0 Å². The van der Waals surface area contributed by atoms with Gasteiger partial charge >= 0.3 is 0 Å². The van der Waals surface area contributed by atoms with Gasteiger partial charge in [-0.3, -0.25) is 0 Å². The second kappa shape index (κ2) is 6.02. The monoisotopic (exact) mass is 215 g/mol. The van der Waals surface area contributed by atoms with Gasteiger partial charge in [0.2, 0.25) is 0 Å². The van der Waals surface area contributed by atoms with Crippen molar-refractivity contribution in [3.63, 3.8) is 0 Å². The molecule has 0 radical (unpaired) electrons. The standard InChI is InChI=1S/C12H25NS/c1-12(2,3)14-10-9-13-11-7-5-4-6-8-11/h11,13H,4-10H2,1-3H3. The average Bonchev–Trinajstić information content (AvgIpc) is 2.13. The van der Waals surface area contributed by atoms with Crippen molar-refractivity contribution in [1.29, 1.82) is 0 Å². The summed E-state index contributed by atoms with van der Waals surface area (Å²) in [7, 11) is 0. The highest BCUT2D eigenvalue weighted by Gasteiger charge is 2.13. The van der Waals surface area contributed by atoms with Gasteiger partial charge in [0.05, 0.1) is 0 Å². The molecule has 0 bridgehead atoms. The summed E-state index contributed by atoms with van der Waals surface area (Å²) in [6, 6.07) is 0.823. The largest absolute Gasteiger partial charge is 0.313 e. The minimum Gasteiger partial charge on any atom is -0.313 e. The van der Waals surface area contributed by atoms with Gasteiger partial charge < -0.3 is 5.32 Å². The van der Waals surface area contributed by atoms with Crippen molar-refractivity contribution in [1.82, 2.24) is 5.32 Å². The third-order valence-electron chi connectivity index (χ3n) is 2.68. The molecule has 1 fully saturated rings. The van der Waals surface area contributed by atoms with Crippen LogP contribution in [-0.4, -0.2) is 23.1 Å². The minimum atomic E-state index is 0.425. The summed E-state index contributed by atoms with van der Waals surface area (Å²) in [5.41, 5.74) is 0. The Hall–Kier alpha value is 0.310. The van der Waals surface area contributed by atoms with E-state index in [-0.39, 0.29) is 0 Å². The van der Waals surface area contributed by atoms with Gasteiger partial charge in [-0.25, -0.2) is 0 Å². The van der Waals surface area contributed by atoms with Crippen molar-refractivity contribution in [2.24, 2.45) is 0 Å². The van der Waals surface area contributed by atoms with Crippen molar-refractivity contribution >= 4 is 11.8 Å². The quantitative estimate of drug-likeness (QED) is 0.721. The topological polar surface area (TPSA) is 12.0 Å². The number of thioether (sulfide) groups is 1. The van der Waals surface area contributed by atoms with Gasteiger partial charge in [-0.15, -0.1) is 0 Å². The Bertz CT molecular complexity index is 145. The average molecular weight is 215 g/mol. The highest BCUT2D eigenvalue weighted by atomic mass is 32.2. The minimum absolute atomic E-state index is 0.425. The molecule has 1 aliphatic rings. The molecule has 0 aromatic carbocycles. The summed E-state index contributed by atoms with van der Waals surface area (Å²) >= 11 is 2.06. The fraction of sp³-hybridized carbons (Fsp3) is 1.00. The van der Waals surface area contributed by atoms with Gasteiger partial charge in [0.1, 0.15) is 0 Å². The van der Waals surface area contributed by atoms with Crippen LogP contribution in [0, 0.1) is 0 Å². The van der Waals surface area contributed by atoms with Crippen LogP contribution in [0.2, 0.25) is 0 Å². The summed E-state index contributed by atoms with van der Waals surface area (Å²) in [6.45, 7) is 8.06. The molecule has 1 aliphatic carbocycles. The number of hydrogen-bond donors (Lipinski definition) is 1. The van der Waals surface area contributed by atoms with Crippen LogP contribution in [0.4, 0.5) is 0 Å². The van der Waals surface area contributed by atoms with Crippen molar-refractivity contribution in [3.8, 4) is 0 Å². The highest BCUT2D eigenvalue weighted by molar-refractivity contribution is 8.00. The number of rotatable bonds is 4. The molecule has 0 amide bonds. The predicted molar refractivity (Wildman–Crippen MR) is 67.1 cm³/mol. The molecular formula is C12H25NS. The molecule has 0 atom stereocenters. The zero-order valence-electron chi connectivity index (χ0n) is 9.94. The maximum absolute atomic E-state index is 3.67. The first-order chi connectivity index (χ1) is 6.58. The van der Waals surface area contributed by atoms with E-state index in [9.17, 15) is 0 Å². The SMILES string of the molecule is CC(C)(C)SCCNC1CCCCC1. The van der Waals surface area contributed by atoms with Crippen LogP contribution in [-0.2, 0) is 0 Å². The molecule has 0 spiro atoms. The van der Waals surface area contributed by atoms with Gasteiger partial charge in [-0.2, -0.15) is 11.8 Å². The van der Waals surface area contributed by atoms with Gasteiger partial charge in [-0.1, -0.05) is 40.0 Å². The number of hydrogen-bond acceptors (Lipinski definition) is 2. The van der Waals surface area contributed by atoms with Gasteiger partial charge in [0, 0.05) is 23.1 Å². The van der Waals surface area contributed by atoms with E-state index in [1.165, 1.54) is 44.4 Å². The highest BCUT2D eigenvalue weighted by Crippen LogP contribution is 2.22. The van der Waals surface area contributed by atoms with Crippen LogP contribution >= 0.6 is 11.8 Å². The molecule has 14 heavy (non-hydrogen) atoms. The van der Waals surface area contributed by atoms with Crippen LogP contribution < -0.4 is 5.32 Å². The summed E-state index contributed by atoms with van der Waals surface area (Å²) in [5, 5.41) is 3.67. The van der Waals surface area contributed by atoms with Crippen LogP contribution in [0.15, 0.2) is 0 Å². The Balaban J connectivity index is 1.97. The van der Waals surface area contributed by atoms with E-state index in [4.69, 9.17) is 0 Å². The van der Waals surface area contributed by atoms with Crippen molar-refractivity contribution in [3.05, 3.63) is 0 Å². The van der Waals surface area contributed by atoms with Crippen molar-refractivity contribution in [2.75, 3.05) is 12.3 Å². The van der Waals surface area contributed by atoms with E-state index in [1.807, 2.05) is 0 Å². The fourth-order valence-electron chi connectivity index (χ4n) is 1.93. The summed E-state index contributed by atoms with van der Waals surface area (Å²) in [4.78, 5) is 0. The molecule has 0 saturated heterocycles. The van der Waals surface area contributed by atoms with Crippen LogP contribution in [0.3, 0.4) is 0 Å². The molecule has 84 valence electrons. The molecule has 1 N–H and O–H groups in total. The van der Waals surface area contributed by atoms with Gasteiger partial charge in [-0.05, 0) is 12.8 Å². The van der Waals surface area contributed by atoms with E-state index in [1.54, 1.807) is 0 Å². The lowest BCUT2D eigenvalue weighted by Gasteiger charge is -2.24. The lowest BCUT2D eigenvalue weighted by atomic mass is 9.96. The second-order valence-electron chi connectivity index (χ2n) is 5.25. The maximum Gasteiger partial charge on any atom is 0.00755 e. The molecule has 0 aromatic rings. The van der Waals surface area contributed by atoms with Crippen molar-refractivity contribution in [2.45, 2.75) is 63.7 Å². The Morgan fingerprint density at radius 3 is 2.36 bits per heavy atom. The lowest BCUT2D eigenvalue weighted by molar-refractivity contribution is 0.381. The summed E-state index contributed by atoms with van der Waals surface area (Å²) < 4.78 is 0.425. The molecule has 0 heterocycles. The van der Waals surface area contributed by atoms with Gasteiger partial charge in [0.15, 0.2) is 0 Å². The van der Waals surface area contributed by atoms with E-state index in [0.717, 1.165) is 6.04 Å². The number of nitrogens with one attached hydrogen (secondary N) is 1. The Morgan fingerprint density at radius 1 is 1.14 bits per heavy atom. The Labute approximate surface area is 93.4 Å². The molecule has 0 unspecified atom stereocenters. The van der Waals surface area contributed by atoms with Gasteiger partial charge in [0.25, 0.3) is 0 Å². The molecule has 1 nitrogen and oxygen atoms in total. The first-order valence-corrected chi connectivity index (χ1v) is 6.94. The molecule has 1 saturated carbocycles.